The standard InChI is InChI=1S/C19H24N2O4/c1-13-2-3-16-15(11-18(23)25-17(16)10-13)12-21-7-4-14(5-8-21)19(24)20-6-9-22/h2-3,10-11,14,22H,4-9,12H2,1H3,(H,20,24). The summed E-state index contributed by atoms with van der Waals surface area (Å²) in [4.78, 5) is 26.1. The van der Waals surface area contributed by atoms with Gasteiger partial charge in [-0.2, -0.15) is 0 Å². The normalized spacial score (nSPS) is 16.2. The van der Waals surface area contributed by atoms with Crippen molar-refractivity contribution in [3.8, 4) is 0 Å². The van der Waals surface area contributed by atoms with Crippen LogP contribution in [0.25, 0.3) is 11.0 Å². The van der Waals surface area contributed by atoms with Gasteiger partial charge in [-0.25, -0.2) is 4.79 Å². The van der Waals surface area contributed by atoms with E-state index in [0.29, 0.717) is 18.7 Å². The first-order chi connectivity index (χ1) is 12.1. The molecule has 1 amide bonds. The Hall–Kier alpha value is -2.18. The van der Waals surface area contributed by atoms with Crippen molar-refractivity contribution in [3.63, 3.8) is 0 Å². The smallest absolute Gasteiger partial charge is 0.336 e. The molecule has 1 aliphatic rings. The number of hydrogen-bond donors (Lipinski definition) is 2. The highest BCUT2D eigenvalue weighted by atomic mass is 16.4. The number of carbonyl (C=O) groups excluding carboxylic acids is 1. The fraction of sp³-hybridized carbons (Fsp3) is 0.474. The summed E-state index contributed by atoms with van der Waals surface area (Å²) >= 11 is 0. The highest BCUT2D eigenvalue weighted by Crippen LogP contribution is 2.23. The minimum absolute atomic E-state index is 0.00281. The van der Waals surface area contributed by atoms with Crippen LogP contribution in [-0.4, -0.2) is 42.2 Å². The second kappa shape index (κ2) is 7.80. The maximum Gasteiger partial charge on any atom is 0.336 e. The van der Waals surface area contributed by atoms with E-state index in [1.54, 1.807) is 6.07 Å². The van der Waals surface area contributed by atoms with E-state index in [1.165, 1.54) is 0 Å². The topological polar surface area (TPSA) is 82.8 Å². The van der Waals surface area contributed by atoms with Crippen LogP contribution in [0.2, 0.25) is 0 Å². The molecule has 3 rings (SSSR count). The van der Waals surface area contributed by atoms with Gasteiger partial charge < -0.3 is 14.8 Å². The van der Waals surface area contributed by atoms with Crippen molar-refractivity contribution < 1.29 is 14.3 Å². The first-order valence-corrected chi connectivity index (χ1v) is 8.71. The number of piperidine rings is 1. The number of benzene rings is 1. The van der Waals surface area contributed by atoms with Crippen molar-refractivity contribution in [1.82, 2.24) is 10.2 Å². The molecule has 0 unspecified atom stereocenters. The van der Waals surface area contributed by atoms with Gasteiger partial charge in [0.1, 0.15) is 5.58 Å². The van der Waals surface area contributed by atoms with E-state index >= 15 is 0 Å². The summed E-state index contributed by atoms with van der Waals surface area (Å²) in [6.07, 6.45) is 1.57. The Labute approximate surface area is 146 Å². The van der Waals surface area contributed by atoms with Crippen LogP contribution < -0.4 is 10.9 Å². The number of aryl methyl sites for hydroxylation is 1. The molecule has 2 aromatic rings. The van der Waals surface area contributed by atoms with Crippen molar-refractivity contribution in [2.45, 2.75) is 26.3 Å². The molecular formula is C19H24N2O4. The Morgan fingerprint density at radius 2 is 2.08 bits per heavy atom. The van der Waals surface area contributed by atoms with Crippen LogP contribution in [0.4, 0.5) is 0 Å². The molecule has 25 heavy (non-hydrogen) atoms. The number of carbonyl (C=O) groups is 1. The highest BCUT2D eigenvalue weighted by molar-refractivity contribution is 5.81. The molecule has 0 bridgehead atoms. The van der Waals surface area contributed by atoms with Crippen LogP contribution in [0.15, 0.2) is 33.5 Å². The second-order valence-corrected chi connectivity index (χ2v) is 6.66. The minimum atomic E-state index is -0.327. The van der Waals surface area contributed by atoms with Crippen molar-refractivity contribution in [3.05, 3.63) is 45.8 Å². The fourth-order valence-corrected chi connectivity index (χ4v) is 3.39. The SMILES string of the molecule is Cc1ccc2c(CN3CCC(C(=O)NCCO)CC3)cc(=O)oc2c1. The van der Waals surface area contributed by atoms with Gasteiger partial charge in [-0.05, 0) is 50.0 Å². The zero-order chi connectivity index (χ0) is 17.8. The average molecular weight is 344 g/mol. The molecule has 1 fully saturated rings. The van der Waals surface area contributed by atoms with E-state index in [9.17, 15) is 9.59 Å². The van der Waals surface area contributed by atoms with Gasteiger partial charge in [-0.1, -0.05) is 12.1 Å². The number of aliphatic hydroxyl groups excluding tert-OH is 1. The number of nitrogens with zero attached hydrogens (tertiary/aromatic N) is 1. The molecule has 2 heterocycles. The summed E-state index contributed by atoms with van der Waals surface area (Å²) < 4.78 is 5.31. The number of likely N-dealkylation sites (tertiary alicyclic amines) is 1. The van der Waals surface area contributed by atoms with E-state index in [-0.39, 0.29) is 24.1 Å². The number of hydrogen-bond acceptors (Lipinski definition) is 5. The highest BCUT2D eigenvalue weighted by Gasteiger charge is 2.25. The quantitative estimate of drug-likeness (QED) is 0.802. The lowest BCUT2D eigenvalue weighted by atomic mass is 9.95. The minimum Gasteiger partial charge on any atom is -0.423 e. The molecule has 0 atom stereocenters. The van der Waals surface area contributed by atoms with Crippen molar-refractivity contribution >= 4 is 16.9 Å². The molecule has 6 heteroatoms. The zero-order valence-corrected chi connectivity index (χ0v) is 14.5. The van der Waals surface area contributed by atoms with Gasteiger partial charge in [0.15, 0.2) is 0 Å². The predicted molar refractivity (Wildman–Crippen MR) is 95.3 cm³/mol. The van der Waals surface area contributed by atoms with Crippen molar-refractivity contribution in [1.29, 1.82) is 0 Å². The Morgan fingerprint density at radius 3 is 2.80 bits per heavy atom. The van der Waals surface area contributed by atoms with E-state index in [4.69, 9.17) is 9.52 Å². The van der Waals surface area contributed by atoms with Crippen LogP contribution in [0.3, 0.4) is 0 Å². The van der Waals surface area contributed by atoms with E-state index < -0.39 is 0 Å². The Kier molecular flexibility index (Phi) is 5.50. The summed E-state index contributed by atoms with van der Waals surface area (Å²) in [5, 5.41) is 12.5. The first kappa shape index (κ1) is 17.6. The number of nitrogens with one attached hydrogen (secondary N) is 1. The molecule has 1 aliphatic heterocycles. The van der Waals surface area contributed by atoms with Crippen LogP contribution in [0, 0.1) is 12.8 Å². The lowest BCUT2D eigenvalue weighted by molar-refractivity contribution is -0.126. The molecule has 0 aliphatic carbocycles. The van der Waals surface area contributed by atoms with Crippen LogP contribution in [-0.2, 0) is 11.3 Å². The number of fused-ring (bicyclic) bond motifs is 1. The molecule has 6 nitrogen and oxygen atoms in total. The van der Waals surface area contributed by atoms with Gasteiger partial charge in [0.25, 0.3) is 0 Å². The Morgan fingerprint density at radius 1 is 1.32 bits per heavy atom. The van der Waals surface area contributed by atoms with Gasteiger partial charge in [-0.3, -0.25) is 9.69 Å². The molecule has 1 aromatic carbocycles. The molecule has 0 spiro atoms. The Bertz CT molecular complexity index is 807. The van der Waals surface area contributed by atoms with Crippen LogP contribution >= 0.6 is 0 Å². The van der Waals surface area contributed by atoms with Gasteiger partial charge in [-0.15, -0.1) is 0 Å². The van der Waals surface area contributed by atoms with Gasteiger partial charge in [0.05, 0.1) is 6.61 Å². The van der Waals surface area contributed by atoms with E-state index in [0.717, 1.165) is 42.4 Å². The van der Waals surface area contributed by atoms with E-state index in [1.807, 2.05) is 25.1 Å². The summed E-state index contributed by atoms with van der Waals surface area (Å²) in [5.41, 5.74) is 2.32. The largest absolute Gasteiger partial charge is 0.423 e. The lowest BCUT2D eigenvalue weighted by Crippen LogP contribution is -2.41. The summed E-state index contributed by atoms with van der Waals surface area (Å²) in [6.45, 7) is 4.54. The summed E-state index contributed by atoms with van der Waals surface area (Å²) in [7, 11) is 0. The maximum atomic E-state index is 12.0. The molecule has 0 radical (unpaired) electrons. The van der Waals surface area contributed by atoms with Gasteiger partial charge in [0, 0.05) is 30.5 Å². The third kappa shape index (κ3) is 4.27. The fourth-order valence-electron chi connectivity index (χ4n) is 3.39. The molecule has 2 N–H and O–H groups in total. The predicted octanol–water partition coefficient (Wildman–Crippen LogP) is 1.42. The van der Waals surface area contributed by atoms with Crippen molar-refractivity contribution in [2.24, 2.45) is 5.92 Å². The van der Waals surface area contributed by atoms with Gasteiger partial charge in [0.2, 0.25) is 5.91 Å². The van der Waals surface area contributed by atoms with Crippen LogP contribution in [0.1, 0.15) is 24.0 Å². The van der Waals surface area contributed by atoms with Gasteiger partial charge >= 0.3 is 5.63 Å². The zero-order valence-electron chi connectivity index (χ0n) is 14.5. The summed E-state index contributed by atoms with van der Waals surface area (Å²) in [5.74, 6) is 0.0259. The third-order valence-corrected chi connectivity index (χ3v) is 4.75. The average Bonchev–Trinajstić information content (AvgIpc) is 2.59. The number of aliphatic hydroxyl groups is 1. The van der Waals surface area contributed by atoms with Crippen LogP contribution in [0.5, 0.6) is 0 Å². The second-order valence-electron chi connectivity index (χ2n) is 6.66. The maximum absolute atomic E-state index is 12.0. The monoisotopic (exact) mass is 344 g/mol. The molecular weight excluding hydrogens is 320 g/mol. The third-order valence-electron chi connectivity index (χ3n) is 4.75. The number of rotatable bonds is 5. The van der Waals surface area contributed by atoms with E-state index in [2.05, 4.69) is 10.2 Å². The summed E-state index contributed by atoms with van der Waals surface area (Å²) in [6, 6.07) is 7.47. The molecule has 0 saturated carbocycles. The molecule has 1 saturated heterocycles. The Balaban J connectivity index is 1.67. The van der Waals surface area contributed by atoms with Crippen molar-refractivity contribution in [2.75, 3.05) is 26.2 Å². The lowest BCUT2D eigenvalue weighted by Gasteiger charge is -2.31. The molecule has 134 valence electrons. The molecule has 1 aromatic heterocycles. The number of amides is 1. The first-order valence-electron chi connectivity index (χ1n) is 8.71.